The predicted molar refractivity (Wildman–Crippen MR) is 85.3 cm³/mol. The molecule has 0 fully saturated rings. The normalized spacial score (nSPS) is 10.3. The molecule has 0 unspecified atom stereocenters. The van der Waals surface area contributed by atoms with Gasteiger partial charge in [0.25, 0.3) is 5.91 Å². The van der Waals surface area contributed by atoms with Crippen LogP contribution < -0.4 is 10.1 Å². The predicted octanol–water partition coefficient (Wildman–Crippen LogP) is 4.20. The van der Waals surface area contributed by atoms with Gasteiger partial charge in [0.15, 0.2) is 5.75 Å². The van der Waals surface area contributed by atoms with Crippen LogP contribution in [0.4, 0.5) is 5.69 Å². The number of anilines is 1. The number of hydrogen-bond acceptors (Lipinski definition) is 4. The van der Waals surface area contributed by atoms with Crippen molar-refractivity contribution >= 4 is 50.7 Å². The first kappa shape index (κ1) is 16.0. The highest BCUT2D eigenvalue weighted by atomic mass is 79.9. The first-order chi connectivity index (χ1) is 10.0. The summed E-state index contributed by atoms with van der Waals surface area (Å²) in [5.41, 5.74) is 0.532. The average Bonchev–Trinajstić information content (AvgIpc) is 2.42. The zero-order chi connectivity index (χ0) is 15.4. The van der Waals surface area contributed by atoms with Gasteiger partial charge < -0.3 is 10.1 Å². The highest BCUT2D eigenvalue weighted by molar-refractivity contribution is 9.10. The van der Waals surface area contributed by atoms with Gasteiger partial charge in [0, 0.05) is 5.02 Å². The van der Waals surface area contributed by atoms with Gasteiger partial charge in [0.05, 0.1) is 29.2 Å². The van der Waals surface area contributed by atoms with Gasteiger partial charge in [-0.2, -0.15) is 0 Å². The second kappa shape index (κ2) is 7.06. The van der Waals surface area contributed by atoms with Crippen LogP contribution in [-0.2, 0) is 0 Å². The Morgan fingerprint density at radius 1 is 1.38 bits per heavy atom. The lowest BCUT2D eigenvalue weighted by atomic mass is 10.2. The molecule has 1 heterocycles. The summed E-state index contributed by atoms with van der Waals surface area (Å²) >= 11 is 15.1. The van der Waals surface area contributed by atoms with Gasteiger partial charge in [-0.1, -0.05) is 23.2 Å². The molecule has 1 amide bonds. The Bertz CT molecular complexity index is 682. The maximum Gasteiger partial charge on any atom is 0.276 e. The first-order valence-electron chi connectivity index (χ1n) is 5.92. The van der Waals surface area contributed by atoms with Gasteiger partial charge in [0.2, 0.25) is 0 Å². The lowest BCUT2D eigenvalue weighted by Gasteiger charge is -2.13. The number of carbonyl (C=O) groups is 1. The number of halogens is 3. The molecule has 110 valence electrons. The Hall–Kier alpha value is -1.37. The minimum absolute atomic E-state index is 0.0982. The Morgan fingerprint density at radius 3 is 2.81 bits per heavy atom. The van der Waals surface area contributed by atoms with Crippen molar-refractivity contribution in [2.45, 2.75) is 6.92 Å². The molecule has 0 radical (unpaired) electrons. The van der Waals surface area contributed by atoms with Crippen molar-refractivity contribution in [2.75, 3.05) is 11.9 Å². The molecule has 0 saturated carbocycles. The van der Waals surface area contributed by atoms with Gasteiger partial charge in [-0.25, -0.2) is 4.98 Å². The van der Waals surface area contributed by atoms with Gasteiger partial charge in [-0.15, -0.1) is 0 Å². The minimum Gasteiger partial charge on any atom is -0.491 e. The second-order valence-corrected chi connectivity index (χ2v) is 5.56. The highest BCUT2D eigenvalue weighted by Gasteiger charge is 2.15. The molecule has 0 aliphatic heterocycles. The van der Waals surface area contributed by atoms with E-state index in [4.69, 9.17) is 27.9 Å². The Labute approximate surface area is 139 Å². The van der Waals surface area contributed by atoms with Crippen LogP contribution in [0.15, 0.2) is 29.0 Å². The van der Waals surface area contributed by atoms with Crippen molar-refractivity contribution in [1.82, 2.24) is 9.97 Å². The van der Waals surface area contributed by atoms with Crippen molar-refractivity contribution in [3.8, 4) is 5.75 Å². The molecule has 1 aromatic heterocycles. The third kappa shape index (κ3) is 4.06. The molecule has 0 aliphatic carbocycles. The van der Waals surface area contributed by atoms with Crippen molar-refractivity contribution in [3.63, 3.8) is 0 Å². The molecule has 0 saturated heterocycles. The number of ether oxygens (including phenoxy) is 1. The van der Waals surface area contributed by atoms with E-state index in [1.807, 2.05) is 6.92 Å². The highest BCUT2D eigenvalue weighted by Crippen LogP contribution is 2.36. The Kier molecular flexibility index (Phi) is 5.39. The third-order valence-electron chi connectivity index (χ3n) is 2.38. The van der Waals surface area contributed by atoms with Crippen LogP contribution in [0, 0.1) is 0 Å². The van der Waals surface area contributed by atoms with Gasteiger partial charge in [-0.05, 0) is 35.0 Å². The number of rotatable bonds is 4. The number of nitrogens with zero attached hydrogens (tertiary/aromatic N) is 2. The summed E-state index contributed by atoms with van der Waals surface area (Å²) in [4.78, 5) is 19.9. The number of benzene rings is 1. The molecule has 1 N–H and O–H groups in total. The lowest BCUT2D eigenvalue weighted by Crippen LogP contribution is -2.15. The van der Waals surface area contributed by atoms with Crippen molar-refractivity contribution in [1.29, 1.82) is 0 Å². The lowest BCUT2D eigenvalue weighted by molar-refractivity contribution is 0.102. The molecule has 21 heavy (non-hydrogen) atoms. The largest absolute Gasteiger partial charge is 0.491 e. The molecule has 0 bridgehead atoms. The van der Waals surface area contributed by atoms with E-state index in [1.165, 1.54) is 12.4 Å². The fourth-order valence-corrected chi connectivity index (χ4v) is 2.65. The van der Waals surface area contributed by atoms with E-state index in [-0.39, 0.29) is 10.8 Å². The maximum atomic E-state index is 12.2. The van der Waals surface area contributed by atoms with Crippen molar-refractivity contribution < 1.29 is 9.53 Å². The molecule has 0 spiro atoms. The third-order valence-corrected chi connectivity index (χ3v) is 3.37. The molecule has 2 rings (SSSR count). The van der Waals surface area contributed by atoms with Crippen molar-refractivity contribution in [3.05, 3.63) is 44.9 Å². The molecule has 2 aromatic rings. The second-order valence-electron chi connectivity index (χ2n) is 3.88. The van der Waals surface area contributed by atoms with Crippen molar-refractivity contribution in [2.24, 2.45) is 0 Å². The Morgan fingerprint density at radius 2 is 2.14 bits per heavy atom. The van der Waals surface area contributed by atoms with E-state index < -0.39 is 5.91 Å². The Balaban J connectivity index is 2.32. The summed E-state index contributed by atoms with van der Waals surface area (Å²) in [6.45, 7) is 2.29. The minimum atomic E-state index is -0.458. The zero-order valence-corrected chi connectivity index (χ0v) is 14.0. The fraction of sp³-hybridized carbons (Fsp3) is 0.154. The van der Waals surface area contributed by atoms with Crippen LogP contribution in [0.25, 0.3) is 0 Å². The fourth-order valence-electron chi connectivity index (χ4n) is 1.58. The molecule has 8 heteroatoms. The monoisotopic (exact) mass is 389 g/mol. The van der Waals surface area contributed by atoms with Crippen LogP contribution >= 0.6 is 39.1 Å². The molecular weight excluding hydrogens is 381 g/mol. The number of nitrogens with one attached hydrogen (secondary N) is 1. The first-order valence-corrected chi connectivity index (χ1v) is 7.47. The molecule has 0 atom stereocenters. The summed E-state index contributed by atoms with van der Waals surface area (Å²) in [6, 6.07) is 3.27. The zero-order valence-electron chi connectivity index (χ0n) is 10.9. The number of hydrogen-bond donors (Lipinski definition) is 1. The van der Waals surface area contributed by atoms with Gasteiger partial charge in [-0.3, -0.25) is 9.78 Å². The standard InChI is InChI=1S/C13H10BrCl2N3O2/c1-2-21-12-8(14)3-7(15)4-9(12)19-13(20)10-5-17-6-11(16)18-10/h3-6H,2H2,1H3,(H,19,20). The summed E-state index contributed by atoms with van der Waals surface area (Å²) in [6.07, 6.45) is 2.67. The summed E-state index contributed by atoms with van der Waals surface area (Å²) in [7, 11) is 0. The molecular formula is C13H10BrCl2N3O2. The van der Waals surface area contributed by atoms with Crippen LogP contribution in [0.2, 0.25) is 10.2 Å². The van der Waals surface area contributed by atoms with E-state index in [0.717, 1.165) is 0 Å². The molecule has 0 aliphatic rings. The van der Waals surface area contributed by atoms with E-state index in [9.17, 15) is 4.79 Å². The quantitative estimate of drug-likeness (QED) is 0.849. The van der Waals surface area contributed by atoms with Crippen LogP contribution in [0.1, 0.15) is 17.4 Å². The number of carbonyl (C=O) groups excluding carboxylic acids is 1. The summed E-state index contributed by atoms with van der Waals surface area (Å²) in [5.74, 6) is 0.0327. The van der Waals surface area contributed by atoms with Crippen LogP contribution in [-0.4, -0.2) is 22.5 Å². The van der Waals surface area contributed by atoms with E-state index in [1.54, 1.807) is 12.1 Å². The molecule has 5 nitrogen and oxygen atoms in total. The SMILES string of the molecule is CCOc1c(Br)cc(Cl)cc1NC(=O)c1cncc(Cl)n1. The molecule has 1 aromatic carbocycles. The summed E-state index contributed by atoms with van der Waals surface area (Å²) < 4.78 is 6.14. The van der Waals surface area contributed by atoms with Crippen LogP contribution in [0.5, 0.6) is 5.75 Å². The number of aromatic nitrogens is 2. The van der Waals surface area contributed by atoms with Crippen LogP contribution in [0.3, 0.4) is 0 Å². The van der Waals surface area contributed by atoms with Gasteiger partial charge in [0.1, 0.15) is 10.8 Å². The van der Waals surface area contributed by atoms with Gasteiger partial charge >= 0.3 is 0 Å². The van der Waals surface area contributed by atoms with E-state index >= 15 is 0 Å². The summed E-state index contributed by atoms with van der Waals surface area (Å²) in [5, 5.41) is 3.28. The average molecular weight is 391 g/mol. The van der Waals surface area contributed by atoms with E-state index in [0.29, 0.717) is 27.5 Å². The smallest absolute Gasteiger partial charge is 0.276 e. The maximum absolute atomic E-state index is 12.2. The van der Waals surface area contributed by atoms with E-state index in [2.05, 4.69) is 31.2 Å². The topological polar surface area (TPSA) is 64.1 Å². The number of amides is 1.